The molecule has 0 atom stereocenters. The van der Waals surface area contributed by atoms with Crippen LogP contribution in [0.3, 0.4) is 0 Å². The maximum atomic E-state index is 11.2. The van der Waals surface area contributed by atoms with Crippen LogP contribution < -0.4 is 5.73 Å². The van der Waals surface area contributed by atoms with Crippen LogP contribution in [0.5, 0.6) is 0 Å². The average molecular weight is 172 g/mol. The Labute approximate surface area is 72.7 Å². The molecule has 4 heteroatoms. The number of amides is 1. The first-order chi connectivity index (χ1) is 5.59. The molecular weight excluding hydrogens is 156 g/mol. The zero-order valence-electron chi connectivity index (χ0n) is 7.62. The Morgan fingerprint density at radius 3 is 2.67 bits per heavy atom. The summed E-state index contributed by atoms with van der Waals surface area (Å²) in [6.07, 6.45) is 0.115. The SMILES string of the molecule is CC(C)OCC(=O)N1CC(N)C1. The largest absolute Gasteiger partial charge is 0.369 e. The Hall–Kier alpha value is -0.610. The molecule has 70 valence electrons. The van der Waals surface area contributed by atoms with Crippen molar-refractivity contribution in [2.24, 2.45) is 5.73 Å². The van der Waals surface area contributed by atoms with Crippen molar-refractivity contribution in [2.75, 3.05) is 19.7 Å². The zero-order valence-corrected chi connectivity index (χ0v) is 7.62. The van der Waals surface area contributed by atoms with Gasteiger partial charge in [0.15, 0.2) is 0 Å². The van der Waals surface area contributed by atoms with E-state index in [1.807, 2.05) is 13.8 Å². The van der Waals surface area contributed by atoms with E-state index in [2.05, 4.69) is 0 Å². The summed E-state index contributed by atoms with van der Waals surface area (Å²) in [6.45, 7) is 5.37. The number of rotatable bonds is 3. The minimum atomic E-state index is 0.0467. The van der Waals surface area contributed by atoms with Gasteiger partial charge in [0.1, 0.15) is 6.61 Å². The topological polar surface area (TPSA) is 55.6 Å². The highest BCUT2D eigenvalue weighted by Gasteiger charge is 2.27. The molecule has 0 aromatic carbocycles. The van der Waals surface area contributed by atoms with Gasteiger partial charge in [-0.1, -0.05) is 0 Å². The van der Waals surface area contributed by atoms with Crippen molar-refractivity contribution in [1.82, 2.24) is 4.90 Å². The first-order valence-corrected chi connectivity index (χ1v) is 4.24. The molecule has 1 heterocycles. The van der Waals surface area contributed by atoms with E-state index in [9.17, 15) is 4.79 Å². The third kappa shape index (κ3) is 2.46. The summed E-state index contributed by atoms with van der Waals surface area (Å²) >= 11 is 0. The summed E-state index contributed by atoms with van der Waals surface area (Å²) in [5.74, 6) is 0.0467. The summed E-state index contributed by atoms with van der Waals surface area (Å²) in [4.78, 5) is 12.9. The number of likely N-dealkylation sites (tertiary alicyclic amines) is 1. The molecule has 0 radical (unpaired) electrons. The maximum Gasteiger partial charge on any atom is 0.248 e. The lowest BCUT2D eigenvalue weighted by Crippen LogP contribution is -2.58. The van der Waals surface area contributed by atoms with Crippen molar-refractivity contribution in [2.45, 2.75) is 26.0 Å². The highest BCUT2D eigenvalue weighted by Crippen LogP contribution is 2.05. The molecule has 0 aromatic rings. The number of nitrogens with two attached hydrogens (primary N) is 1. The smallest absolute Gasteiger partial charge is 0.248 e. The van der Waals surface area contributed by atoms with Gasteiger partial charge in [-0.15, -0.1) is 0 Å². The monoisotopic (exact) mass is 172 g/mol. The van der Waals surface area contributed by atoms with Gasteiger partial charge in [-0.25, -0.2) is 0 Å². The van der Waals surface area contributed by atoms with Gasteiger partial charge in [-0.2, -0.15) is 0 Å². The molecule has 0 bridgehead atoms. The number of nitrogens with zero attached hydrogens (tertiary/aromatic N) is 1. The summed E-state index contributed by atoms with van der Waals surface area (Å²) in [7, 11) is 0. The van der Waals surface area contributed by atoms with Crippen LogP contribution in [-0.4, -0.2) is 42.6 Å². The fourth-order valence-corrected chi connectivity index (χ4v) is 1.05. The summed E-state index contributed by atoms with van der Waals surface area (Å²) in [6, 6.07) is 0.174. The summed E-state index contributed by atoms with van der Waals surface area (Å²) < 4.78 is 5.16. The van der Waals surface area contributed by atoms with Gasteiger partial charge in [-0.05, 0) is 13.8 Å². The Morgan fingerprint density at radius 2 is 2.25 bits per heavy atom. The van der Waals surface area contributed by atoms with Gasteiger partial charge < -0.3 is 15.4 Å². The van der Waals surface area contributed by atoms with Crippen LogP contribution in [0.15, 0.2) is 0 Å². The van der Waals surface area contributed by atoms with Crippen LogP contribution in [0.1, 0.15) is 13.8 Å². The van der Waals surface area contributed by atoms with Crippen LogP contribution in [0.2, 0.25) is 0 Å². The summed E-state index contributed by atoms with van der Waals surface area (Å²) in [5, 5.41) is 0. The second-order valence-electron chi connectivity index (χ2n) is 3.42. The molecule has 1 fully saturated rings. The number of hydrogen-bond donors (Lipinski definition) is 1. The molecule has 1 aliphatic heterocycles. The fourth-order valence-electron chi connectivity index (χ4n) is 1.05. The predicted octanol–water partition coefficient (Wildman–Crippen LogP) is -0.419. The van der Waals surface area contributed by atoms with E-state index >= 15 is 0 Å². The predicted molar refractivity (Wildman–Crippen MR) is 45.6 cm³/mol. The highest BCUT2D eigenvalue weighted by atomic mass is 16.5. The van der Waals surface area contributed by atoms with Crippen molar-refractivity contribution in [3.63, 3.8) is 0 Å². The quantitative estimate of drug-likeness (QED) is 0.629. The first-order valence-electron chi connectivity index (χ1n) is 4.24. The minimum absolute atomic E-state index is 0.0467. The van der Waals surface area contributed by atoms with Crippen molar-refractivity contribution in [3.8, 4) is 0 Å². The Kier molecular flexibility index (Phi) is 3.05. The van der Waals surface area contributed by atoms with Crippen LogP contribution >= 0.6 is 0 Å². The summed E-state index contributed by atoms with van der Waals surface area (Å²) in [5.41, 5.74) is 5.53. The van der Waals surface area contributed by atoms with E-state index in [4.69, 9.17) is 10.5 Å². The van der Waals surface area contributed by atoms with Crippen LogP contribution in [0, 0.1) is 0 Å². The Morgan fingerprint density at radius 1 is 1.67 bits per heavy atom. The van der Waals surface area contributed by atoms with E-state index in [1.165, 1.54) is 0 Å². The van der Waals surface area contributed by atoms with Gasteiger partial charge >= 0.3 is 0 Å². The third-order valence-electron chi connectivity index (χ3n) is 1.80. The molecule has 0 aromatic heterocycles. The second kappa shape index (κ2) is 3.87. The van der Waals surface area contributed by atoms with E-state index in [0.29, 0.717) is 13.1 Å². The molecule has 1 rings (SSSR count). The van der Waals surface area contributed by atoms with Crippen molar-refractivity contribution >= 4 is 5.91 Å². The first kappa shape index (κ1) is 9.48. The molecule has 0 spiro atoms. The lowest BCUT2D eigenvalue weighted by molar-refractivity contribution is -0.141. The van der Waals surface area contributed by atoms with Crippen LogP contribution in [0.25, 0.3) is 0 Å². The van der Waals surface area contributed by atoms with Crippen LogP contribution in [-0.2, 0) is 9.53 Å². The third-order valence-corrected chi connectivity index (χ3v) is 1.80. The Balaban J connectivity index is 2.13. The average Bonchev–Trinajstić information content (AvgIpc) is 1.94. The van der Waals surface area contributed by atoms with Gasteiger partial charge in [0, 0.05) is 19.1 Å². The van der Waals surface area contributed by atoms with Gasteiger partial charge in [-0.3, -0.25) is 4.79 Å². The van der Waals surface area contributed by atoms with Gasteiger partial charge in [0.05, 0.1) is 6.10 Å². The van der Waals surface area contributed by atoms with E-state index < -0.39 is 0 Å². The minimum Gasteiger partial charge on any atom is -0.369 e. The maximum absolute atomic E-state index is 11.2. The molecule has 0 aliphatic carbocycles. The molecule has 2 N–H and O–H groups in total. The van der Waals surface area contributed by atoms with Gasteiger partial charge in [0.2, 0.25) is 5.91 Å². The zero-order chi connectivity index (χ0) is 9.14. The van der Waals surface area contributed by atoms with Crippen molar-refractivity contribution in [3.05, 3.63) is 0 Å². The van der Waals surface area contributed by atoms with E-state index in [0.717, 1.165) is 0 Å². The number of hydrogen-bond acceptors (Lipinski definition) is 3. The molecule has 1 saturated heterocycles. The highest BCUT2D eigenvalue weighted by molar-refractivity contribution is 5.78. The van der Waals surface area contributed by atoms with Gasteiger partial charge in [0.25, 0.3) is 0 Å². The lowest BCUT2D eigenvalue weighted by Gasteiger charge is -2.36. The number of carbonyl (C=O) groups is 1. The molecule has 0 saturated carbocycles. The van der Waals surface area contributed by atoms with Crippen molar-refractivity contribution in [1.29, 1.82) is 0 Å². The lowest BCUT2D eigenvalue weighted by atomic mass is 10.1. The Bertz CT molecular complexity index is 164. The number of ether oxygens (including phenoxy) is 1. The normalized spacial score (nSPS) is 18.2. The van der Waals surface area contributed by atoms with E-state index in [1.54, 1.807) is 4.90 Å². The molecule has 4 nitrogen and oxygen atoms in total. The number of carbonyl (C=O) groups excluding carboxylic acids is 1. The molecule has 1 aliphatic rings. The van der Waals surface area contributed by atoms with Crippen molar-refractivity contribution < 1.29 is 9.53 Å². The van der Waals surface area contributed by atoms with E-state index in [-0.39, 0.29) is 24.7 Å². The molecule has 1 amide bonds. The fraction of sp³-hybridized carbons (Fsp3) is 0.875. The second-order valence-corrected chi connectivity index (χ2v) is 3.42. The molecule has 12 heavy (non-hydrogen) atoms. The standard InChI is InChI=1S/C8H16N2O2/c1-6(2)12-5-8(11)10-3-7(9)4-10/h6-7H,3-5,9H2,1-2H3. The molecule has 0 unspecified atom stereocenters. The molecular formula is C8H16N2O2. The van der Waals surface area contributed by atoms with Crippen LogP contribution in [0.4, 0.5) is 0 Å².